The number of aryl methyl sites for hydroxylation is 1. The maximum Gasteiger partial charge on any atom is 0.341 e. The molecule has 0 saturated carbocycles. The molecule has 3 rings (SSSR count). The van der Waals surface area contributed by atoms with E-state index in [1.54, 1.807) is 24.7 Å². The van der Waals surface area contributed by atoms with Crippen molar-refractivity contribution in [2.45, 2.75) is 20.4 Å². The first kappa shape index (κ1) is 17.7. The van der Waals surface area contributed by atoms with Crippen molar-refractivity contribution in [2.75, 3.05) is 13.7 Å². The Morgan fingerprint density at radius 3 is 2.92 bits per heavy atom. The molecule has 8 heteroatoms. The number of oxazole rings is 1. The summed E-state index contributed by atoms with van der Waals surface area (Å²) in [4.78, 5) is 16.1. The van der Waals surface area contributed by atoms with Crippen molar-refractivity contribution in [1.29, 1.82) is 0 Å². The molecule has 2 aromatic heterocycles. The molecular formula is C18H18FN3O4. The van der Waals surface area contributed by atoms with Crippen molar-refractivity contribution in [3.8, 4) is 17.2 Å². The summed E-state index contributed by atoms with van der Waals surface area (Å²) >= 11 is 0. The molecule has 1 aromatic carbocycles. The van der Waals surface area contributed by atoms with Gasteiger partial charge >= 0.3 is 5.97 Å². The van der Waals surface area contributed by atoms with Gasteiger partial charge in [-0.15, -0.1) is 0 Å². The highest BCUT2D eigenvalue weighted by Gasteiger charge is 2.17. The number of benzene rings is 1. The summed E-state index contributed by atoms with van der Waals surface area (Å²) in [6.07, 6.45) is 2.99. The molecule has 0 unspecified atom stereocenters. The molecule has 0 N–H and O–H groups in total. The Kier molecular flexibility index (Phi) is 5.01. The fourth-order valence-corrected chi connectivity index (χ4v) is 2.41. The lowest BCUT2D eigenvalue weighted by Crippen LogP contribution is -2.04. The number of esters is 1. The normalized spacial score (nSPS) is 10.8. The molecule has 0 amide bonds. The molecule has 7 nitrogen and oxygen atoms in total. The SMILES string of the molecule is CCOC(=O)c1cnn(Cc2nc(-c3cc(OC)ccc3F)oc2C)c1. The first-order chi connectivity index (χ1) is 12.5. The second kappa shape index (κ2) is 7.38. The molecule has 2 heterocycles. The quantitative estimate of drug-likeness (QED) is 0.629. The van der Waals surface area contributed by atoms with Crippen molar-refractivity contribution in [1.82, 2.24) is 14.8 Å². The zero-order chi connectivity index (χ0) is 18.7. The maximum absolute atomic E-state index is 14.1. The summed E-state index contributed by atoms with van der Waals surface area (Å²) < 4.78 is 31.3. The second-order valence-corrected chi connectivity index (χ2v) is 5.51. The van der Waals surface area contributed by atoms with Gasteiger partial charge in [-0.25, -0.2) is 14.2 Å². The van der Waals surface area contributed by atoms with Crippen LogP contribution in [0.1, 0.15) is 28.7 Å². The Labute approximate surface area is 149 Å². The third-order valence-electron chi connectivity index (χ3n) is 3.75. The van der Waals surface area contributed by atoms with Crippen LogP contribution in [0, 0.1) is 12.7 Å². The number of hydrogen-bond donors (Lipinski definition) is 0. The molecule has 26 heavy (non-hydrogen) atoms. The third kappa shape index (κ3) is 3.58. The summed E-state index contributed by atoms with van der Waals surface area (Å²) in [5, 5.41) is 4.12. The molecule has 0 atom stereocenters. The number of rotatable bonds is 6. The van der Waals surface area contributed by atoms with Crippen LogP contribution in [0.3, 0.4) is 0 Å². The van der Waals surface area contributed by atoms with E-state index < -0.39 is 11.8 Å². The Bertz CT molecular complexity index is 932. The van der Waals surface area contributed by atoms with Crippen molar-refractivity contribution in [3.63, 3.8) is 0 Å². The van der Waals surface area contributed by atoms with Gasteiger partial charge in [0.05, 0.1) is 37.6 Å². The first-order valence-corrected chi connectivity index (χ1v) is 8.01. The molecule has 0 radical (unpaired) electrons. The highest BCUT2D eigenvalue weighted by atomic mass is 19.1. The number of carbonyl (C=O) groups excluding carboxylic acids is 1. The van der Waals surface area contributed by atoms with Crippen LogP contribution in [0.15, 0.2) is 35.0 Å². The van der Waals surface area contributed by atoms with Crippen LogP contribution >= 0.6 is 0 Å². The van der Waals surface area contributed by atoms with E-state index >= 15 is 0 Å². The lowest BCUT2D eigenvalue weighted by molar-refractivity contribution is 0.0526. The third-order valence-corrected chi connectivity index (χ3v) is 3.75. The number of ether oxygens (including phenoxy) is 2. The van der Waals surface area contributed by atoms with E-state index in [1.165, 1.54) is 31.5 Å². The Morgan fingerprint density at radius 2 is 2.19 bits per heavy atom. The molecule has 136 valence electrons. The van der Waals surface area contributed by atoms with Gasteiger partial charge in [-0.3, -0.25) is 4.68 Å². The predicted molar refractivity (Wildman–Crippen MR) is 90.5 cm³/mol. The molecule has 0 saturated heterocycles. The molecule has 0 aliphatic heterocycles. The van der Waals surface area contributed by atoms with Crippen molar-refractivity contribution >= 4 is 5.97 Å². The van der Waals surface area contributed by atoms with Crippen LogP contribution < -0.4 is 4.74 Å². The summed E-state index contributed by atoms with van der Waals surface area (Å²) in [6.45, 7) is 4.04. The van der Waals surface area contributed by atoms with Gasteiger partial charge in [0.15, 0.2) is 0 Å². The highest BCUT2D eigenvalue weighted by Crippen LogP contribution is 2.28. The predicted octanol–water partition coefficient (Wildman–Crippen LogP) is 3.22. The van der Waals surface area contributed by atoms with Gasteiger partial charge in [0.25, 0.3) is 0 Å². The summed E-state index contributed by atoms with van der Waals surface area (Å²) in [5.41, 5.74) is 1.15. The monoisotopic (exact) mass is 359 g/mol. The number of halogens is 1. The van der Waals surface area contributed by atoms with E-state index in [0.29, 0.717) is 29.4 Å². The summed E-state index contributed by atoms with van der Waals surface area (Å²) in [5.74, 6) is 0.309. The van der Waals surface area contributed by atoms with Gasteiger partial charge in [-0.05, 0) is 32.0 Å². The van der Waals surface area contributed by atoms with E-state index in [4.69, 9.17) is 13.9 Å². The van der Waals surface area contributed by atoms with Gasteiger partial charge in [0, 0.05) is 6.20 Å². The van der Waals surface area contributed by atoms with E-state index in [1.807, 2.05) is 0 Å². The van der Waals surface area contributed by atoms with E-state index in [-0.39, 0.29) is 18.0 Å². The maximum atomic E-state index is 14.1. The van der Waals surface area contributed by atoms with Gasteiger partial charge < -0.3 is 13.9 Å². The zero-order valence-corrected chi connectivity index (χ0v) is 14.7. The summed E-state index contributed by atoms with van der Waals surface area (Å²) in [7, 11) is 1.50. The number of nitrogens with zero attached hydrogens (tertiary/aromatic N) is 3. The molecule has 0 bridgehead atoms. The van der Waals surface area contributed by atoms with Crippen molar-refractivity contribution in [2.24, 2.45) is 0 Å². The van der Waals surface area contributed by atoms with E-state index in [2.05, 4.69) is 10.1 Å². The van der Waals surface area contributed by atoms with E-state index in [9.17, 15) is 9.18 Å². The smallest absolute Gasteiger partial charge is 0.341 e. The minimum absolute atomic E-state index is 0.159. The molecule has 3 aromatic rings. The largest absolute Gasteiger partial charge is 0.497 e. The molecule has 0 aliphatic carbocycles. The Hall–Kier alpha value is -3.16. The number of methoxy groups -OCH3 is 1. The van der Waals surface area contributed by atoms with Crippen LogP contribution in [0.2, 0.25) is 0 Å². The lowest BCUT2D eigenvalue weighted by atomic mass is 10.2. The Balaban J connectivity index is 1.84. The number of carbonyl (C=O) groups is 1. The summed E-state index contributed by atoms with van der Waals surface area (Å²) in [6, 6.07) is 4.35. The van der Waals surface area contributed by atoms with Crippen LogP contribution in [0.4, 0.5) is 4.39 Å². The van der Waals surface area contributed by atoms with Gasteiger partial charge in [0.1, 0.15) is 23.0 Å². The topological polar surface area (TPSA) is 79.4 Å². The Morgan fingerprint density at radius 1 is 1.38 bits per heavy atom. The number of aromatic nitrogens is 3. The van der Waals surface area contributed by atoms with Gasteiger partial charge in [-0.1, -0.05) is 0 Å². The molecule has 0 spiro atoms. The van der Waals surface area contributed by atoms with Crippen LogP contribution in [-0.4, -0.2) is 34.5 Å². The van der Waals surface area contributed by atoms with Crippen LogP contribution in [0.25, 0.3) is 11.5 Å². The second-order valence-electron chi connectivity index (χ2n) is 5.51. The molecule has 0 fully saturated rings. The molecular weight excluding hydrogens is 341 g/mol. The highest BCUT2D eigenvalue weighted by molar-refractivity contribution is 5.88. The zero-order valence-electron chi connectivity index (χ0n) is 14.7. The lowest BCUT2D eigenvalue weighted by Gasteiger charge is -2.02. The van der Waals surface area contributed by atoms with Gasteiger partial charge in [-0.2, -0.15) is 5.10 Å². The number of hydrogen-bond acceptors (Lipinski definition) is 6. The first-order valence-electron chi connectivity index (χ1n) is 8.01. The minimum Gasteiger partial charge on any atom is -0.497 e. The van der Waals surface area contributed by atoms with Crippen LogP contribution in [-0.2, 0) is 11.3 Å². The van der Waals surface area contributed by atoms with Crippen molar-refractivity contribution < 1.29 is 23.1 Å². The average molecular weight is 359 g/mol. The minimum atomic E-state index is -0.456. The van der Waals surface area contributed by atoms with Gasteiger partial charge in [0.2, 0.25) is 5.89 Å². The van der Waals surface area contributed by atoms with Crippen LogP contribution in [0.5, 0.6) is 5.75 Å². The standard InChI is InChI=1S/C18H18FN3O4/c1-4-25-18(23)12-8-20-22(9-12)10-16-11(2)26-17(21-16)14-7-13(24-3)5-6-15(14)19/h5-9H,4,10H2,1-3H3. The van der Waals surface area contributed by atoms with E-state index in [0.717, 1.165) is 0 Å². The molecule has 0 aliphatic rings. The fraction of sp³-hybridized carbons (Fsp3) is 0.278. The average Bonchev–Trinajstić information content (AvgIpc) is 3.23. The fourth-order valence-electron chi connectivity index (χ4n) is 2.41. The van der Waals surface area contributed by atoms with Crippen molar-refractivity contribution in [3.05, 3.63) is 53.4 Å².